The lowest BCUT2D eigenvalue weighted by Crippen LogP contribution is -2.31. The number of aliphatic hydroxyl groups is 1. The molecular formula is C12H24O2Si. The summed E-state index contributed by atoms with van der Waals surface area (Å²) in [4.78, 5) is 12.2. The quantitative estimate of drug-likeness (QED) is 0.754. The zero-order valence-corrected chi connectivity index (χ0v) is 11.6. The molecule has 1 aliphatic carbocycles. The molecule has 0 heterocycles. The van der Waals surface area contributed by atoms with Gasteiger partial charge in [-0.15, -0.1) is 0 Å². The van der Waals surface area contributed by atoms with E-state index in [2.05, 4.69) is 19.6 Å². The van der Waals surface area contributed by atoms with Gasteiger partial charge < -0.3 is 5.11 Å². The molecular weight excluding hydrogens is 204 g/mol. The van der Waals surface area contributed by atoms with Gasteiger partial charge in [-0.1, -0.05) is 33.5 Å². The maximum Gasteiger partial charge on any atom is 0.141 e. The molecule has 2 atom stereocenters. The first-order valence-electron chi connectivity index (χ1n) is 5.82. The van der Waals surface area contributed by atoms with Gasteiger partial charge in [-0.25, -0.2) is 0 Å². The van der Waals surface area contributed by atoms with E-state index in [-0.39, 0.29) is 23.9 Å². The third-order valence-electron chi connectivity index (χ3n) is 3.41. The van der Waals surface area contributed by atoms with E-state index in [1.54, 1.807) is 0 Å². The van der Waals surface area contributed by atoms with Crippen molar-refractivity contribution < 1.29 is 9.90 Å². The smallest absolute Gasteiger partial charge is 0.141 e. The number of ketones is 1. The summed E-state index contributed by atoms with van der Waals surface area (Å²) in [5, 5.41) is 9.35. The van der Waals surface area contributed by atoms with Gasteiger partial charge in [0.25, 0.3) is 0 Å². The molecule has 0 aromatic heterocycles. The fraction of sp³-hybridized carbons (Fsp3) is 0.917. The highest BCUT2D eigenvalue weighted by Crippen LogP contribution is 2.44. The zero-order valence-electron chi connectivity index (χ0n) is 10.6. The molecule has 0 aromatic carbocycles. The molecule has 1 aliphatic rings. The third kappa shape index (κ3) is 2.91. The minimum atomic E-state index is -1.22. The van der Waals surface area contributed by atoms with Crippen molar-refractivity contribution in [1.82, 2.24) is 0 Å². The highest BCUT2D eigenvalue weighted by atomic mass is 28.3. The third-order valence-corrected chi connectivity index (χ3v) is 5.08. The lowest BCUT2D eigenvalue weighted by Gasteiger charge is -2.24. The number of hydrogen-bond acceptors (Lipinski definition) is 2. The van der Waals surface area contributed by atoms with Gasteiger partial charge in [0.1, 0.15) is 5.78 Å². The highest BCUT2D eigenvalue weighted by Gasteiger charge is 2.47. The van der Waals surface area contributed by atoms with Crippen molar-refractivity contribution in [3.8, 4) is 0 Å². The van der Waals surface area contributed by atoms with Gasteiger partial charge in [0.15, 0.2) is 0 Å². The van der Waals surface area contributed by atoms with Crippen LogP contribution in [0.1, 0.15) is 20.3 Å². The first kappa shape index (κ1) is 12.9. The summed E-state index contributed by atoms with van der Waals surface area (Å²) < 4.78 is 0. The van der Waals surface area contributed by atoms with Crippen molar-refractivity contribution in [3.05, 3.63) is 0 Å². The number of rotatable bonds is 3. The van der Waals surface area contributed by atoms with Crippen molar-refractivity contribution in [2.45, 2.75) is 46.0 Å². The molecule has 3 heteroatoms. The van der Waals surface area contributed by atoms with Crippen LogP contribution in [0.2, 0.25) is 25.7 Å². The molecule has 88 valence electrons. The SMILES string of the molecule is CC1(C)C[C@@H](CO)[C@H](C[Si](C)(C)C)C1=O. The van der Waals surface area contributed by atoms with E-state index in [0.29, 0.717) is 5.78 Å². The predicted octanol–water partition coefficient (Wildman–Crippen LogP) is 2.55. The van der Waals surface area contributed by atoms with Gasteiger partial charge in [-0.05, 0) is 18.4 Å². The van der Waals surface area contributed by atoms with E-state index in [4.69, 9.17) is 0 Å². The summed E-state index contributed by atoms with van der Waals surface area (Å²) in [6.45, 7) is 11.1. The molecule has 0 amide bonds. The average molecular weight is 228 g/mol. The van der Waals surface area contributed by atoms with Crippen molar-refractivity contribution in [3.63, 3.8) is 0 Å². The lowest BCUT2D eigenvalue weighted by molar-refractivity contribution is -0.127. The number of hydrogen-bond donors (Lipinski definition) is 1. The molecule has 15 heavy (non-hydrogen) atoms. The Morgan fingerprint density at radius 1 is 1.40 bits per heavy atom. The van der Waals surface area contributed by atoms with Crippen LogP contribution < -0.4 is 0 Å². The van der Waals surface area contributed by atoms with E-state index < -0.39 is 8.07 Å². The molecule has 0 bridgehead atoms. The van der Waals surface area contributed by atoms with E-state index in [1.807, 2.05) is 13.8 Å². The first-order valence-corrected chi connectivity index (χ1v) is 9.53. The summed E-state index contributed by atoms with van der Waals surface area (Å²) in [5.74, 6) is 0.708. The molecule has 0 spiro atoms. The average Bonchev–Trinajstić information content (AvgIpc) is 2.26. The standard InChI is InChI=1S/C12H24O2Si/c1-12(2)6-9(7-13)10(11(12)14)8-15(3,4)5/h9-10,13H,6-8H2,1-5H3/t9-,10-/m0/s1. The monoisotopic (exact) mass is 228 g/mol. The molecule has 1 N–H and O–H groups in total. The van der Waals surface area contributed by atoms with Gasteiger partial charge in [0.05, 0.1) is 0 Å². The Morgan fingerprint density at radius 2 is 1.93 bits per heavy atom. The molecule has 0 aliphatic heterocycles. The summed E-state index contributed by atoms with van der Waals surface area (Å²) in [5.41, 5.74) is -0.211. The van der Waals surface area contributed by atoms with Crippen molar-refractivity contribution in [2.75, 3.05) is 6.61 Å². The van der Waals surface area contributed by atoms with E-state index in [9.17, 15) is 9.90 Å². The Balaban J connectivity index is 2.82. The van der Waals surface area contributed by atoms with Crippen LogP contribution in [-0.2, 0) is 4.79 Å². The van der Waals surface area contributed by atoms with Crippen LogP contribution in [0.4, 0.5) is 0 Å². The Bertz CT molecular complexity index is 253. The van der Waals surface area contributed by atoms with Crippen LogP contribution in [0.3, 0.4) is 0 Å². The Kier molecular flexibility index (Phi) is 3.46. The van der Waals surface area contributed by atoms with Crippen LogP contribution in [-0.4, -0.2) is 25.6 Å². The van der Waals surface area contributed by atoms with Gasteiger partial charge in [-0.2, -0.15) is 0 Å². The number of carbonyl (C=O) groups is 1. The van der Waals surface area contributed by atoms with Crippen molar-refractivity contribution in [1.29, 1.82) is 0 Å². The van der Waals surface area contributed by atoms with E-state index in [1.165, 1.54) is 0 Å². The van der Waals surface area contributed by atoms with Gasteiger partial charge >= 0.3 is 0 Å². The Morgan fingerprint density at radius 3 is 2.33 bits per heavy atom. The fourth-order valence-corrected chi connectivity index (χ4v) is 4.56. The molecule has 1 rings (SSSR count). The summed E-state index contributed by atoms with van der Waals surface area (Å²) in [6.07, 6.45) is 0.859. The number of Topliss-reactive ketones (excluding diaryl/α,β-unsaturated/α-hetero) is 1. The summed E-state index contributed by atoms with van der Waals surface area (Å²) in [7, 11) is -1.22. The summed E-state index contributed by atoms with van der Waals surface area (Å²) >= 11 is 0. The van der Waals surface area contributed by atoms with Crippen LogP contribution in [0.25, 0.3) is 0 Å². The van der Waals surface area contributed by atoms with Crippen molar-refractivity contribution in [2.24, 2.45) is 17.3 Å². The molecule has 0 radical (unpaired) electrons. The molecule has 0 saturated heterocycles. The highest BCUT2D eigenvalue weighted by molar-refractivity contribution is 6.76. The molecule has 1 saturated carbocycles. The van der Waals surface area contributed by atoms with Crippen LogP contribution in [0.5, 0.6) is 0 Å². The van der Waals surface area contributed by atoms with E-state index in [0.717, 1.165) is 12.5 Å². The molecule has 1 fully saturated rings. The van der Waals surface area contributed by atoms with Crippen molar-refractivity contribution >= 4 is 13.9 Å². The van der Waals surface area contributed by atoms with Gasteiger partial charge in [0.2, 0.25) is 0 Å². The minimum absolute atomic E-state index is 0.122. The first-order chi connectivity index (χ1) is 6.67. The van der Waals surface area contributed by atoms with Crippen LogP contribution in [0.15, 0.2) is 0 Å². The second-order valence-corrected chi connectivity index (χ2v) is 12.3. The largest absolute Gasteiger partial charge is 0.396 e. The molecule has 0 unspecified atom stereocenters. The van der Waals surface area contributed by atoms with E-state index >= 15 is 0 Å². The second-order valence-electron chi connectivity index (χ2n) is 6.77. The Labute approximate surface area is 94.1 Å². The topological polar surface area (TPSA) is 37.3 Å². The second kappa shape index (κ2) is 4.02. The normalized spacial score (nSPS) is 30.9. The number of carbonyl (C=O) groups excluding carboxylic acids is 1. The molecule has 2 nitrogen and oxygen atoms in total. The number of aliphatic hydroxyl groups excluding tert-OH is 1. The lowest BCUT2D eigenvalue weighted by atomic mass is 9.89. The minimum Gasteiger partial charge on any atom is -0.396 e. The van der Waals surface area contributed by atoms with Gasteiger partial charge in [-0.3, -0.25) is 4.79 Å². The zero-order chi connectivity index (χ0) is 11.9. The summed E-state index contributed by atoms with van der Waals surface area (Å²) in [6, 6.07) is 1.03. The fourth-order valence-electron chi connectivity index (χ4n) is 2.73. The maximum atomic E-state index is 12.2. The molecule has 0 aromatic rings. The van der Waals surface area contributed by atoms with Crippen LogP contribution >= 0.6 is 0 Å². The Hall–Kier alpha value is -0.153. The van der Waals surface area contributed by atoms with Gasteiger partial charge in [0, 0.05) is 26.0 Å². The van der Waals surface area contributed by atoms with Crippen LogP contribution in [0, 0.1) is 17.3 Å². The maximum absolute atomic E-state index is 12.2. The predicted molar refractivity (Wildman–Crippen MR) is 65.6 cm³/mol.